The molecule has 0 aromatic heterocycles. The van der Waals surface area contributed by atoms with E-state index >= 15 is 0 Å². The Morgan fingerprint density at radius 2 is 2.00 bits per heavy atom. The maximum Gasteiger partial charge on any atom is 0.272 e. The zero-order valence-corrected chi connectivity index (χ0v) is 11.8. The predicted molar refractivity (Wildman–Crippen MR) is 71.3 cm³/mol. The summed E-state index contributed by atoms with van der Waals surface area (Å²) in [7, 11) is -3.71. The van der Waals surface area contributed by atoms with Crippen molar-refractivity contribution in [2.45, 2.75) is 31.2 Å². The van der Waals surface area contributed by atoms with Crippen LogP contribution in [0.15, 0.2) is 23.1 Å². The summed E-state index contributed by atoms with van der Waals surface area (Å²) in [5.74, 6) is 0. The van der Waals surface area contributed by atoms with E-state index in [2.05, 4.69) is 4.72 Å². The molecule has 1 aromatic rings. The molecule has 0 aliphatic heterocycles. The van der Waals surface area contributed by atoms with Crippen LogP contribution in [0.5, 0.6) is 0 Å². The number of nitro groups is 1. The molecule has 0 unspecified atom stereocenters. The monoisotopic (exact) mass is 287 g/mol. The van der Waals surface area contributed by atoms with Crippen molar-refractivity contribution in [2.24, 2.45) is 5.73 Å². The molecule has 0 amide bonds. The second-order valence-corrected chi connectivity index (χ2v) is 6.79. The number of aryl methyl sites for hydroxylation is 1. The summed E-state index contributed by atoms with van der Waals surface area (Å²) in [5, 5.41) is 10.7. The number of nitrogens with zero attached hydrogens (tertiary/aromatic N) is 1. The van der Waals surface area contributed by atoms with Gasteiger partial charge in [0.1, 0.15) is 0 Å². The molecule has 1 rings (SSSR count). The average molecular weight is 287 g/mol. The van der Waals surface area contributed by atoms with Gasteiger partial charge in [-0.25, -0.2) is 13.1 Å². The van der Waals surface area contributed by atoms with Crippen molar-refractivity contribution in [2.75, 3.05) is 6.54 Å². The van der Waals surface area contributed by atoms with Gasteiger partial charge < -0.3 is 5.73 Å². The second-order valence-electron chi connectivity index (χ2n) is 5.02. The van der Waals surface area contributed by atoms with Gasteiger partial charge in [0.2, 0.25) is 10.0 Å². The third-order valence-corrected chi connectivity index (χ3v) is 3.79. The van der Waals surface area contributed by atoms with E-state index in [0.29, 0.717) is 5.56 Å². The van der Waals surface area contributed by atoms with Crippen molar-refractivity contribution in [3.8, 4) is 0 Å². The number of hydrogen-bond acceptors (Lipinski definition) is 5. The highest BCUT2D eigenvalue weighted by Crippen LogP contribution is 2.21. The van der Waals surface area contributed by atoms with Gasteiger partial charge in [-0.15, -0.1) is 0 Å². The van der Waals surface area contributed by atoms with Crippen molar-refractivity contribution in [1.29, 1.82) is 0 Å². The molecule has 0 spiro atoms. The molecule has 0 saturated carbocycles. The van der Waals surface area contributed by atoms with Crippen LogP contribution in [-0.4, -0.2) is 25.4 Å². The van der Waals surface area contributed by atoms with Gasteiger partial charge in [-0.1, -0.05) is 0 Å². The van der Waals surface area contributed by atoms with Gasteiger partial charge in [-0.3, -0.25) is 10.1 Å². The molecule has 7 nitrogen and oxygen atoms in total. The van der Waals surface area contributed by atoms with E-state index in [1.807, 2.05) is 0 Å². The fourth-order valence-electron chi connectivity index (χ4n) is 1.36. The molecule has 3 N–H and O–H groups in total. The van der Waals surface area contributed by atoms with E-state index in [-0.39, 0.29) is 17.1 Å². The molecule has 1 aromatic carbocycles. The SMILES string of the molecule is Cc1cc(S(=O)(=O)NCC(C)(C)N)ccc1[N+](=O)[O-]. The van der Waals surface area contributed by atoms with E-state index in [9.17, 15) is 18.5 Å². The number of benzene rings is 1. The topological polar surface area (TPSA) is 115 Å². The average Bonchev–Trinajstić information content (AvgIpc) is 2.25. The zero-order chi connectivity index (χ0) is 14.8. The third-order valence-electron chi connectivity index (χ3n) is 2.39. The van der Waals surface area contributed by atoms with Crippen LogP contribution in [0, 0.1) is 17.0 Å². The van der Waals surface area contributed by atoms with E-state index in [1.165, 1.54) is 25.1 Å². The van der Waals surface area contributed by atoms with Crippen LogP contribution in [0.25, 0.3) is 0 Å². The van der Waals surface area contributed by atoms with Crippen LogP contribution in [-0.2, 0) is 10.0 Å². The Bertz CT molecular complexity index is 590. The second kappa shape index (κ2) is 5.24. The smallest absolute Gasteiger partial charge is 0.272 e. The molecule has 0 heterocycles. The number of nitrogens with one attached hydrogen (secondary N) is 1. The van der Waals surface area contributed by atoms with Crippen LogP contribution in [0.1, 0.15) is 19.4 Å². The normalized spacial score (nSPS) is 12.4. The summed E-state index contributed by atoms with van der Waals surface area (Å²) in [6.07, 6.45) is 0. The molecule has 0 atom stereocenters. The van der Waals surface area contributed by atoms with Crippen molar-refractivity contribution in [3.63, 3.8) is 0 Å². The van der Waals surface area contributed by atoms with Crippen LogP contribution in [0.2, 0.25) is 0 Å². The molecule has 19 heavy (non-hydrogen) atoms. The predicted octanol–water partition coefficient (Wildman–Crippen LogP) is 0.919. The first-order chi connectivity index (χ1) is 8.53. The molecule has 0 saturated heterocycles. The Labute approximate surface area is 112 Å². The highest BCUT2D eigenvalue weighted by Gasteiger charge is 2.21. The lowest BCUT2D eigenvalue weighted by Gasteiger charge is -2.19. The first-order valence-corrected chi connectivity index (χ1v) is 7.05. The highest BCUT2D eigenvalue weighted by molar-refractivity contribution is 7.89. The Hall–Kier alpha value is -1.51. The number of hydrogen-bond donors (Lipinski definition) is 2. The van der Waals surface area contributed by atoms with Gasteiger partial charge >= 0.3 is 0 Å². The summed E-state index contributed by atoms with van der Waals surface area (Å²) in [5.41, 5.74) is 5.20. The van der Waals surface area contributed by atoms with E-state index in [4.69, 9.17) is 5.73 Å². The van der Waals surface area contributed by atoms with Gasteiger partial charge in [0.25, 0.3) is 5.69 Å². The lowest BCUT2D eigenvalue weighted by Crippen LogP contribution is -2.45. The maximum atomic E-state index is 12.0. The van der Waals surface area contributed by atoms with Crippen molar-refractivity contribution < 1.29 is 13.3 Å². The van der Waals surface area contributed by atoms with E-state index < -0.39 is 20.5 Å². The quantitative estimate of drug-likeness (QED) is 0.617. The highest BCUT2D eigenvalue weighted by atomic mass is 32.2. The fraction of sp³-hybridized carbons (Fsp3) is 0.455. The zero-order valence-electron chi connectivity index (χ0n) is 11.0. The standard InChI is InChI=1S/C11H17N3O4S/c1-8-6-9(4-5-10(8)14(15)16)19(17,18)13-7-11(2,3)12/h4-6,13H,7,12H2,1-3H3. The first-order valence-electron chi connectivity index (χ1n) is 5.56. The summed E-state index contributed by atoms with van der Waals surface area (Å²) >= 11 is 0. The fourth-order valence-corrected chi connectivity index (χ4v) is 2.67. The third kappa shape index (κ3) is 4.27. The summed E-state index contributed by atoms with van der Waals surface area (Å²) in [4.78, 5) is 10.1. The molecule has 0 aliphatic carbocycles. The summed E-state index contributed by atoms with van der Waals surface area (Å²) in [6, 6.07) is 3.65. The Balaban J connectivity index is 3.03. The Morgan fingerprint density at radius 3 is 2.42 bits per heavy atom. The maximum absolute atomic E-state index is 12.0. The minimum Gasteiger partial charge on any atom is -0.324 e. The van der Waals surface area contributed by atoms with Crippen LogP contribution in [0.3, 0.4) is 0 Å². The van der Waals surface area contributed by atoms with Gasteiger partial charge in [0.05, 0.1) is 9.82 Å². The van der Waals surface area contributed by atoms with Gasteiger partial charge in [-0.2, -0.15) is 0 Å². The molecular formula is C11H17N3O4S. The molecule has 106 valence electrons. The van der Waals surface area contributed by atoms with Gasteiger partial charge in [0.15, 0.2) is 0 Å². The molecule has 0 fully saturated rings. The number of sulfonamides is 1. The number of rotatable bonds is 5. The first kappa shape index (κ1) is 15.5. The van der Waals surface area contributed by atoms with Crippen LogP contribution >= 0.6 is 0 Å². The Kier molecular flexibility index (Phi) is 4.28. The lowest BCUT2D eigenvalue weighted by atomic mass is 10.1. The van der Waals surface area contributed by atoms with Crippen LogP contribution in [0.4, 0.5) is 5.69 Å². The van der Waals surface area contributed by atoms with Crippen molar-refractivity contribution >= 4 is 15.7 Å². The van der Waals surface area contributed by atoms with E-state index in [1.54, 1.807) is 13.8 Å². The molecule has 0 bridgehead atoms. The van der Waals surface area contributed by atoms with E-state index in [0.717, 1.165) is 0 Å². The Morgan fingerprint density at radius 1 is 1.42 bits per heavy atom. The van der Waals surface area contributed by atoms with Crippen molar-refractivity contribution in [3.05, 3.63) is 33.9 Å². The molecule has 8 heteroatoms. The number of nitro benzene ring substituents is 1. The van der Waals surface area contributed by atoms with Crippen molar-refractivity contribution in [1.82, 2.24) is 4.72 Å². The molecule has 0 radical (unpaired) electrons. The summed E-state index contributed by atoms with van der Waals surface area (Å²) < 4.78 is 26.3. The largest absolute Gasteiger partial charge is 0.324 e. The minimum absolute atomic E-state index is 0.0140. The molecule has 0 aliphatic rings. The molecular weight excluding hydrogens is 270 g/mol. The van der Waals surface area contributed by atoms with Gasteiger partial charge in [-0.05, 0) is 32.9 Å². The van der Waals surface area contributed by atoms with Gasteiger partial charge in [0, 0.05) is 23.7 Å². The lowest BCUT2D eigenvalue weighted by molar-refractivity contribution is -0.385. The van der Waals surface area contributed by atoms with Crippen LogP contribution < -0.4 is 10.5 Å². The summed E-state index contributed by atoms with van der Waals surface area (Å²) in [6.45, 7) is 4.95. The number of nitrogens with two attached hydrogens (primary N) is 1. The minimum atomic E-state index is -3.71.